The van der Waals surface area contributed by atoms with Crippen molar-refractivity contribution in [3.8, 4) is 0 Å². The van der Waals surface area contributed by atoms with E-state index in [-0.39, 0.29) is 0 Å². The predicted molar refractivity (Wildman–Crippen MR) is 69.8 cm³/mol. The molecule has 0 bridgehead atoms. The van der Waals surface area contributed by atoms with Crippen LogP contribution in [0.3, 0.4) is 0 Å². The van der Waals surface area contributed by atoms with Crippen molar-refractivity contribution in [3.63, 3.8) is 0 Å². The molecule has 3 heteroatoms. The largest absolute Gasteiger partial charge is 0.383 e. The van der Waals surface area contributed by atoms with Crippen molar-refractivity contribution in [2.45, 2.75) is 12.3 Å². The Morgan fingerprint density at radius 1 is 1.50 bits per heavy atom. The SMILES string of the molecule is COCCN1CCC(c2cccc(Br)c2)C1. The molecule has 1 atom stereocenters. The summed E-state index contributed by atoms with van der Waals surface area (Å²) in [6.45, 7) is 4.26. The van der Waals surface area contributed by atoms with Crippen molar-refractivity contribution in [1.82, 2.24) is 4.90 Å². The van der Waals surface area contributed by atoms with E-state index in [0.717, 1.165) is 13.2 Å². The molecule has 1 aromatic carbocycles. The van der Waals surface area contributed by atoms with Gasteiger partial charge in [0.15, 0.2) is 0 Å². The van der Waals surface area contributed by atoms with E-state index in [1.165, 1.54) is 29.5 Å². The number of halogens is 1. The molecule has 1 heterocycles. The second kappa shape index (κ2) is 5.80. The van der Waals surface area contributed by atoms with Gasteiger partial charge in [-0.05, 0) is 36.6 Å². The lowest BCUT2D eigenvalue weighted by atomic mass is 9.99. The van der Waals surface area contributed by atoms with Gasteiger partial charge in [0, 0.05) is 24.7 Å². The fraction of sp³-hybridized carbons (Fsp3) is 0.538. The molecule has 1 aliphatic heterocycles. The molecular weight excluding hydrogens is 266 g/mol. The van der Waals surface area contributed by atoms with E-state index in [0.29, 0.717) is 5.92 Å². The van der Waals surface area contributed by atoms with Crippen LogP contribution in [0, 0.1) is 0 Å². The summed E-state index contributed by atoms with van der Waals surface area (Å²) in [7, 11) is 1.77. The molecule has 0 saturated carbocycles. The summed E-state index contributed by atoms with van der Waals surface area (Å²) in [5.74, 6) is 0.689. The van der Waals surface area contributed by atoms with Gasteiger partial charge in [-0.3, -0.25) is 0 Å². The molecule has 1 unspecified atom stereocenters. The van der Waals surface area contributed by atoms with Gasteiger partial charge in [0.05, 0.1) is 6.61 Å². The van der Waals surface area contributed by atoms with Gasteiger partial charge in [0.1, 0.15) is 0 Å². The lowest BCUT2D eigenvalue weighted by Gasteiger charge is -2.15. The standard InChI is InChI=1S/C13H18BrNO/c1-16-8-7-15-6-5-12(10-15)11-3-2-4-13(14)9-11/h2-4,9,12H,5-8,10H2,1H3. The first-order valence-corrected chi connectivity index (χ1v) is 6.55. The lowest BCUT2D eigenvalue weighted by Crippen LogP contribution is -2.24. The van der Waals surface area contributed by atoms with Crippen molar-refractivity contribution in [3.05, 3.63) is 34.3 Å². The van der Waals surface area contributed by atoms with E-state index in [1.54, 1.807) is 7.11 Å². The molecule has 16 heavy (non-hydrogen) atoms. The highest BCUT2D eigenvalue weighted by atomic mass is 79.9. The van der Waals surface area contributed by atoms with E-state index >= 15 is 0 Å². The highest BCUT2D eigenvalue weighted by Gasteiger charge is 2.23. The molecule has 0 radical (unpaired) electrons. The van der Waals surface area contributed by atoms with Crippen molar-refractivity contribution >= 4 is 15.9 Å². The number of nitrogens with zero attached hydrogens (tertiary/aromatic N) is 1. The molecule has 2 nitrogen and oxygen atoms in total. The Morgan fingerprint density at radius 2 is 2.38 bits per heavy atom. The van der Waals surface area contributed by atoms with Gasteiger partial charge in [-0.25, -0.2) is 0 Å². The van der Waals surface area contributed by atoms with Crippen LogP contribution in [0.25, 0.3) is 0 Å². The number of benzene rings is 1. The molecule has 0 spiro atoms. The minimum Gasteiger partial charge on any atom is -0.383 e. The molecule has 1 saturated heterocycles. The van der Waals surface area contributed by atoms with E-state index in [4.69, 9.17) is 4.74 Å². The maximum Gasteiger partial charge on any atom is 0.0589 e. The van der Waals surface area contributed by atoms with E-state index in [1.807, 2.05) is 0 Å². The molecule has 0 aromatic heterocycles. The highest BCUT2D eigenvalue weighted by molar-refractivity contribution is 9.10. The van der Waals surface area contributed by atoms with Gasteiger partial charge in [0.25, 0.3) is 0 Å². The fourth-order valence-electron chi connectivity index (χ4n) is 2.29. The molecule has 2 rings (SSSR count). The molecule has 1 fully saturated rings. The normalized spacial score (nSPS) is 21.5. The first-order chi connectivity index (χ1) is 7.79. The molecule has 0 amide bonds. The van der Waals surface area contributed by atoms with Gasteiger partial charge in [0.2, 0.25) is 0 Å². The fourth-order valence-corrected chi connectivity index (χ4v) is 2.71. The number of ether oxygens (including phenoxy) is 1. The van der Waals surface area contributed by atoms with Gasteiger partial charge in [-0.1, -0.05) is 28.1 Å². The predicted octanol–water partition coefficient (Wildman–Crippen LogP) is 2.88. The number of hydrogen-bond acceptors (Lipinski definition) is 2. The summed E-state index contributed by atoms with van der Waals surface area (Å²) in [6, 6.07) is 8.68. The molecule has 0 N–H and O–H groups in total. The van der Waals surface area contributed by atoms with Gasteiger partial charge in [-0.15, -0.1) is 0 Å². The van der Waals surface area contributed by atoms with Crippen LogP contribution in [-0.2, 0) is 4.74 Å². The second-order valence-electron chi connectivity index (χ2n) is 4.33. The first kappa shape index (κ1) is 12.1. The van der Waals surface area contributed by atoms with E-state index in [9.17, 15) is 0 Å². The van der Waals surface area contributed by atoms with Crippen LogP contribution < -0.4 is 0 Å². The molecular formula is C13H18BrNO. The molecule has 1 aliphatic rings. The third kappa shape index (κ3) is 3.06. The third-order valence-electron chi connectivity index (χ3n) is 3.20. The van der Waals surface area contributed by atoms with Crippen molar-refractivity contribution < 1.29 is 4.74 Å². The minimum atomic E-state index is 0.689. The van der Waals surface area contributed by atoms with Crippen LogP contribution >= 0.6 is 15.9 Å². The molecule has 0 aliphatic carbocycles. The van der Waals surface area contributed by atoms with Gasteiger partial charge >= 0.3 is 0 Å². The smallest absolute Gasteiger partial charge is 0.0589 e. The number of likely N-dealkylation sites (tertiary alicyclic amines) is 1. The Labute approximate surface area is 106 Å². The second-order valence-corrected chi connectivity index (χ2v) is 5.25. The quantitative estimate of drug-likeness (QED) is 0.843. The summed E-state index contributed by atoms with van der Waals surface area (Å²) in [5, 5.41) is 0. The van der Waals surface area contributed by atoms with Crippen LogP contribution in [-0.4, -0.2) is 38.3 Å². The average Bonchev–Trinajstić information content (AvgIpc) is 2.75. The summed E-state index contributed by atoms with van der Waals surface area (Å²) in [6.07, 6.45) is 1.26. The summed E-state index contributed by atoms with van der Waals surface area (Å²) in [4.78, 5) is 2.48. The van der Waals surface area contributed by atoms with Crippen molar-refractivity contribution in [2.24, 2.45) is 0 Å². The maximum atomic E-state index is 5.11. The average molecular weight is 284 g/mol. The zero-order valence-corrected chi connectivity index (χ0v) is 11.2. The Bertz CT molecular complexity index is 342. The van der Waals surface area contributed by atoms with Crippen molar-refractivity contribution in [2.75, 3.05) is 33.4 Å². The molecule has 88 valence electrons. The van der Waals surface area contributed by atoms with Crippen LogP contribution in [0.2, 0.25) is 0 Å². The highest BCUT2D eigenvalue weighted by Crippen LogP contribution is 2.28. The van der Waals surface area contributed by atoms with Gasteiger partial charge < -0.3 is 9.64 Å². The van der Waals surface area contributed by atoms with E-state index in [2.05, 4.69) is 45.1 Å². The minimum absolute atomic E-state index is 0.689. The zero-order valence-electron chi connectivity index (χ0n) is 9.66. The Morgan fingerprint density at radius 3 is 3.12 bits per heavy atom. The first-order valence-electron chi connectivity index (χ1n) is 5.76. The number of rotatable bonds is 4. The van der Waals surface area contributed by atoms with Crippen LogP contribution in [0.15, 0.2) is 28.7 Å². The van der Waals surface area contributed by atoms with Gasteiger partial charge in [-0.2, -0.15) is 0 Å². The number of methoxy groups -OCH3 is 1. The Balaban J connectivity index is 1.93. The summed E-state index contributed by atoms with van der Waals surface area (Å²) in [5.41, 5.74) is 1.45. The Hall–Kier alpha value is -0.380. The van der Waals surface area contributed by atoms with Crippen LogP contribution in [0.1, 0.15) is 17.9 Å². The number of hydrogen-bond donors (Lipinski definition) is 0. The van der Waals surface area contributed by atoms with Crippen LogP contribution in [0.4, 0.5) is 0 Å². The third-order valence-corrected chi connectivity index (χ3v) is 3.70. The van der Waals surface area contributed by atoms with E-state index < -0.39 is 0 Å². The van der Waals surface area contributed by atoms with Crippen molar-refractivity contribution in [1.29, 1.82) is 0 Å². The maximum absolute atomic E-state index is 5.11. The Kier molecular flexibility index (Phi) is 4.38. The summed E-state index contributed by atoms with van der Waals surface area (Å²) >= 11 is 3.53. The lowest BCUT2D eigenvalue weighted by molar-refractivity contribution is 0.160. The van der Waals surface area contributed by atoms with Crippen LogP contribution in [0.5, 0.6) is 0 Å². The molecule has 1 aromatic rings. The monoisotopic (exact) mass is 283 g/mol. The topological polar surface area (TPSA) is 12.5 Å². The zero-order chi connectivity index (χ0) is 11.4. The summed E-state index contributed by atoms with van der Waals surface area (Å²) < 4.78 is 6.30.